The number of nitrogens with one attached hydrogen (secondary N) is 1. The van der Waals surface area contributed by atoms with E-state index in [1.165, 1.54) is 92.2 Å². The van der Waals surface area contributed by atoms with Crippen molar-refractivity contribution in [1.29, 1.82) is 0 Å². The molecule has 682 valence electrons. The third-order valence-corrected chi connectivity index (χ3v) is 31.6. The second-order valence-corrected chi connectivity index (χ2v) is 42.3. The molecule has 4 aliphatic heterocycles. The van der Waals surface area contributed by atoms with E-state index in [9.17, 15) is 38.4 Å². The zero-order valence-corrected chi connectivity index (χ0v) is 80.0. The summed E-state index contributed by atoms with van der Waals surface area (Å²) in [4.78, 5) is 111. The molecule has 4 spiro atoms. The minimum absolute atomic E-state index is 0.0123. The van der Waals surface area contributed by atoms with Gasteiger partial charge in [0.2, 0.25) is 17.7 Å². The molecule has 9 heterocycles. The number of thiophene rings is 5. The van der Waals surface area contributed by atoms with Crippen LogP contribution in [0.15, 0.2) is 46.5 Å². The van der Waals surface area contributed by atoms with E-state index >= 15 is 0 Å². The first kappa shape index (κ1) is 96.9. The molecule has 16 rings (SSSR count). The van der Waals surface area contributed by atoms with E-state index in [-0.39, 0.29) is 88.7 Å². The fraction of sp³-hybridized carbons (Fsp3) is 0.674. The van der Waals surface area contributed by atoms with Crippen molar-refractivity contribution in [2.24, 2.45) is 40.9 Å². The zero-order valence-electron chi connectivity index (χ0n) is 73.8. The normalized spacial score (nSPS) is 25.3. The van der Waals surface area contributed by atoms with Crippen LogP contribution < -0.4 is 25.8 Å². The molecule has 0 atom stereocenters. The molecule has 124 heavy (non-hydrogen) atoms. The van der Waals surface area contributed by atoms with Crippen LogP contribution in [-0.2, 0) is 76.0 Å². The van der Waals surface area contributed by atoms with E-state index in [2.05, 4.69) is 86.0 Å². The molecule has 5 aromatic rings. The molecule has 0 bridgehead atoms. The lowest BCUT2D eigenvalue weighted by molar-refractivity contribution is -0.179. The number of amides is 3. The topological polar surface area (TPSA) is 304 Å². The summed E-state index contributed by atoms with van der Waals surface area (Å²) < 4.78 is 72.2. The molecule has 7 saturated carbocycles. The van der Waals surface area contributed by atoms with E-state index in [1.807, 2.05) is 49.7 Å². The van der Waals surface area contributed by atoms with Crippen molar-refractivity contribution in [3.05, 3.63) is 78.6 Å². The number of hydrogen-bond acceptors (Lipinski definition) is 28. The maximum Gasteiger partial charge on any atom is 0.350 e. The fourth-order valence-corrected chi connectivity index (χ4v) is 23.9. The first-order valence-electron chi connectivity index (χ1n) is 44.3. The predicted molar refractivity (Wildman–Crippen MR) is 489 cm³/mol. The third-order valence-electron chi connectivity index (χ3n) is 26.0. The zero-order chi connectivity index (χ0) is 88.5. The summed E-state index contributed by atoms with van der Waals surface area (Å²) in [6.07, 6.45) is 25.1. The van der Waals surface area contributed by atoms with E-state index in [0.717, 1.165) is 193 Å². The summed E-state index contributed by atoms with van der Waals surface area (Å²) in [6.45, 7) is 18.2. The molecule has 0 aromatic carbocycles. The molecule has 11 fully saturated rings. The van der Waals surface area contributed by atoms with Crippen LogP contribution in [0.2, 0.25) is 0 Å². The van der Waals surface area contributed by atoms with Crippen LogP contribution in [0.25, 0.3) is 0 Å². The third kappa shape index (κ3) is 24.5. The molecule has 7 aliphatic carbocycles. The summed E-state index contributed by atoms with van der Waals surface area (Å²) >= 11 is 8.95. The van der Waals surface area contributed by atoms with Crippen molar-refractivity contribution < 1.29 is 99.9 Å². The van der Waals surface area contributed by atoms with Gasteiger partial charge in [0.05, 0.1) is 125 Å². The number of carbonyl (C=O) groups excluding carboxylic acids is 8. The first-order valence-corrected chi connectivity index (χ1v) is 49.6. The lowest BCUT2D eigenvalue weighted by Crippen LogP contribution is -2.49. The van der Waals surface area contributed by atoms with Gasteiger partial charge >= 0.3 is 29.8 Å². The second kappa shape index (κ2) is 44.4. The molecule has 26 nitrogen and oxygen atoms in total. The molecule has 11 aliphatic rings. The molecule has 32 heteroatoms. The highest BCUT2D eigenvalue weighted by Crippen LogP contribution is 2.48. The van der Waals surface area contributed by atoms with Crippen molar-refractivity contribution in [1.82, 2.24) is 0 Å². The van der Waals surface area contributed by atoms with Crippen LogP contribution in [0.4, 0.5) is 28.4 Å². The molecule has 3 N–H and O–H groups in total. The van der Waals surface area contributed by atoms with Crippen LogP contribution in [0, 0.1) is 55.6 Å². The monoisotopic (exact) mass is 1920 g/mol. The van der Waals surface area contributed by atoms with Gasteiger partial charge in [0.25, 0.3) is 0 Å². The van der Waals surface area contributed by atoms with Gasteiger partial charge in [-0.15, -0.1) is 56.7 Å². The highest BCUT2D eigenvalue weighted by molar-refractivity contribution is 14.1. The lowest BCUT2D eigenvalue weighted by Gasteiger charge is -2.42. The summed E-state index contributed by atoms with van der Waals surface area (Å²) in [7, 11) is 6.92. The van der Waals surface area contributed by atoms with Crippen LogP contribution >= 0.6 is 79.3 Å². The van der Waals surface area contributed by atoms with Crippen molar-refractivity contribution in [2.45, 2.75) is 269 Å². The number of hydrogen-bond donors (Lipinski definition) is 2. The number of halogens is 1. The average molecular weight is 1930 g/mol. The predicted octanol–water partition coefficient (Wildman–Crippen LogP) is 18.9. The number of nitrogens with two attached hydrogens (primary N) is 1. The number of ether oxygens (including phenoxy) is 13. The highest BCUT2D eigenvalue weighted by atomic mass is 127. The van der Waals surface area contributed by atoms with E-state index in [0.29, 0.717) is 124 Å². The van der Waals surface area contributed by atoms with E-state index in [4.69, 9.17) is 62.6 Å². The van der Waals surface area contributed by atoms with Crippen LogP contribution in [0.5, 0.6) is 0 Å². The van der Waals surface area contributed by atoms with Gasteiger partial charge in [-0.25, -0.2) is 24.0 Å². The maximum absolute atomic E-state index is 14.1. The Labute approximate surface area is 763 Å². The van der Waals surface area contributed by atoms with Gasteiger partial charge < -0.3 is 87.3 Å². The van der Waals surface area contributed by atoms with E-state index in [1.54, 1.807) is 11.4 Å². The minimum atomic E-state index is -0.505. The molecule has 4 saturated heterocycles. The molecule has 5 aromatic heterocycles. The molecule has 0 radical (unpaired) electrons. The van der Waals surface area contributed by atoms with Crippen molar-refractivity contribution in [3.63, 3.8) is 0 Å². The van der Waals surface area contributed by atoms with Gasteiger partial charge in [0.1, 0.15) is 24.4 Å². The summed E-state index contributed by atoms with van der Waals surface area (Å²) in [5, 5.41) is 8.98. The van der Waals surface area contributed by atoms with Crippen molar-refractivity contribution >= 4 is 155 Å². The van der Waals surface area contributed by atoms with Gasteiger partial charge in [0.15, 0.2) is 23.1 Å². The van der Waals surface area contributed by atoms with Crippen LogP contribution in [0.3, 0.4) is 0 Å². The molecular weight excluding hydrogens is 1800 g/mol. The number of carbonyl (C=O) groups is 8. The van der Waals surface area contributed by atoms with Crippen LogP contribution in [0.1, 0.15) is 275 Å². The molecule has 0 unspecified atom stereocenters. The molecule has 3 amide bonds. The number of rotatable bonds is 16. The number of nitrogens with zero attached hydrogens (tertiary/aromatic N) is 3. The van der Waals surface area contributed by atoms with Crippen LogP contribution in [-0.4, -0.2) is 183 Å². The fourth-order valence-electron chi connectivity index (χ4n) is 18.9. The quantitative estimate of drug-likeness (QED) is 0.0401. The van der Waals surface area contributed by atoms with Crippen molar-refractivity contribution in [2.75, 3.05) is 114 Å². The number of anilines is 5. The number of nitrogen functional groups attached to an aromatic ring is 1. The maximum atomic E-state index is 14.1. The Hall–Kier alpha value is -6.17. The summed E-state index contributed by atoms with van der Waals surface area (Å²) in [5.74, 6) is 5.41. The number of methoxy groups -OCH3 is 5. The smallest absolute Gasteiger partial charge is 0.350 e. The second-order valence-electron chi connectivity index (χ2n) is 35.6. The first-order chi connectivity index (χ1) is 59.5. The largest absolute Gasteiger partial charge is 0.465 e. The Balaban J connectivity index is 0.000000147. The Morgan fingerprint density at radius 1 is 0.411 bits per heavy atom. The summed E-state index contributed by atoms with van der Waals surface area (Å²) in [6, 6.07) is 9.84. The lowest BCUT2D eigenvalue weighted by atomic mass is 9.81. The van der Waals surface area contributed by atoms with Gasteiger partial charge in [0, 0.05) is 98.7 Å². The van der Waals surface area contributed by atoms with Gasteiger partial charge in [-0.3, -0.25) is 14.4 Å². The van der Waals surface area contributed by atoms with E-state index < -0.39 is 23.3 Å². The summed E-state index contributed by atoms with van der Waals surface area (Å²) in [5.41, 5.74) is 8.69. The van der Waals surface area contributed by atoms with Gasteiger partial charge in [-0.1, -0.05) is 32.6 Å². The Bertz CT molecular complexity index is 4430. The Kier molecular flexibility index (Phi) is 34.7. The van der Waals surface area contributed by atoms with Gasteiger partial charge in [-0.05, 0) is 236 Å². The highest BCUT2D eigenvalue weighted by Gasteiger charge is 2.49. The van der Waals surface area contributed by atoms with Gasteiger partial charge in [-0.2, -0.15) is 0 Å². The molecular formula is C92H126IN5O21S5. The van der Waals surface area contributed by atoms with Crippen molar-refractivity contribution in [3.8, 4) is 11.8 Å². The standard InChI is InChI=1S/C28H39NO5S.C22H30INO5S.C22H31NO5S.C14H19NO4S.C6H7NO2S/c1-19-6-8-20(9-7-19)25(30)29(21-10-14-28(15-11-21)33-16-17-34-28)23-18-22(12-13-27(2,3)4)35-24(23)26(31)32-5;1-14-3-5-15(6-4-14)20(25)24(17-13-18(23)30-19(17)21(26)27-2)16-7-9-22(10-8-16)28-11-12-29-22;1-15-3-5-16(6-4-15)20(24)23(18-9-14-29-19(18)21(25)26-2)17-7-10-22(11-8-17)27-12-13-28-22;1-17-13(16)12-11(4-9-20-12)15-10-2-5-14(6-3-10)18-7-8-19-14;1-9-6(8)5-4(7)2-3-10-5/h18-21H,6-11,14-17H2,1-5H3;13-16H,3-12H2,1-2H3;9,14-17H,3-8,10-13H2,1-2H3;4,9-10,15H,2-3,5-8H2,1H3;2-3H,7H2,1H3. The Morgan fingerprint density at radius 2 is 0.726 bits per heavy atom. The minimum Gasteiger partial charge on any atom is -0.465 e. The Morgan fingerprint density at radius 3 is 1.10 bits per heavy atom. The number of esters is 5. The average Bonchev–Trinajstić information content (AvgIpc) is 1.60. The SMILES string of the molecule is COC(=O)c1sc(C#CC(C)(C)C)cc1N(C(=O)C1CCC(C)CC1)C1CCC2(CC1)OCCO2.COC(=O)c1sc(I)cc1N(C(=O)C1CCC(C)CC1)C1CCC2(CC1)OCCO2.COC(=O)c1sccc1N.COC(=O)c1sccc1N(C(=O)C1CCC(C)CC1)C1CCC2(CC1)OCCO2.COC(=O)c1sccc1NC1CCC2(CC1)OCCO2.